The number of benzene rings is 3. The molecule has 1 atom stereocenters. The number of ether oxygens (including phenoxy) is 1. The van der Waals surface area contributed by atoms with Gasteiger partial charge in [-0.3, -0.25) is 4.79 Å². The fourth-order valence-corrected chi connectivity index (χ4v) is 4.52. The van der Waals surface area contributed by atoms with Gasteiger partial charge in [0.15, 0.2) is 0 Å². The lowest BCUT2D eigenvalue weighted by Gasteiger charge is -2.20. The second-order valence-electron chi connectivity index (χ2n) is 7.85. The second kappa shape index (κ2) is 10.1. The number of amides is 1. The molecule has 0 aliphatic heterocycles. The minimum absolute atomic E-state index is 0.0218. The summed E-state index contributed by atoms with van der Waals surface area (Å²) < 4.78 is 45.7. The van der Waals surface area contributed by atoms with E-state index in [9.17, 15) is 17.6 Å². The molecule has 3 aromatic rings. The van der Waals surface area contributed by atoms with Gasteiger partial charge in [-0.25, -0.2) is 12.8 Å². The normalized spacial score (nSPS) is 12.4. The lowest BCUT2D eigenvalue weighted by Crippen LogP contribution is -2.28. The van der Waals surface area contributed by atoms with Crippen LogP contribution in [0.3, 0.4) is 0 Å². The third-order valence-corrected chi connectivity index (χ3v) is 7.20. The van der Waals surface area contributed by atoms with Crippen molar-refractivity contribution in [3.05, 3.63) is 94.8 Å². The average molecular weight is 471 g/mol. The Morgan fingerprint density at radius 2 is 1.70 bits per heavy atom. The molecule has 0 fully saturated rings. The van der Waals surface area contributed by atoms with Gasteiger partial charge < -0.3 is 10.1 Å². The zero-order valence-electron chi connectivity index (χ0n) is 19.0. The van der Waals surface area contributed by atoms with E-state index >= 15 is 0 Å². The highest BCUT2D eigenvalue weighted by Gasteiger charge is 2.23. The van der Waals surface area contributed by atoms with Crippen LogP contribution in [0.4, 0.5) is 4.39 Å². The van der Waals surface area contributed by atoms with E-state index in [1.807, 2.05) is 6.92 Å². The molecule has 0 aliphatic carbocycles. The van der Waals surface area contributed by atoms with Crippen LogP contribution in [0.15, 0.2) is 71.6 Å². The van der Waals surface area contributed by atoms with Crippen LogP contribution in [-0.2, 0) is 16.6 Å². The maximum atomic E-state index is 13.2. The van der Waals surface area contributed by atoms with Gasteiger partial charge in [-0.1, -0.05) is 29.8 Å². The van der Waals surface area contributed by atoms with Crippen molar-refractivity contribution in [1.82, 2.24) is 9.62 Å². The lowest BCUT2D eigenvalue weighted by atomic mass is 10.1. The molecule has 0 aliphatic rings. The van der Waals surface area contributed by atoms with Gasteiger partial charge in [-0.15, -0.1) is 0 Å². The number of rotatable bonds is 8. The van der Waals surface area contributed by atoms with Crippen LogP contribution in [0.2, 0.25) is 0 Å². The molecule has 3 rings (SSSR count). The van der Waals surface area contributed by atoms with Crippen molar-refractivity contribution in [3.63, 3.8) is 0 Å². The summed E-state index contributed by atoms with van der Waals surface area (Å²) in [6, 6.07) is 17.1. The molecule has 0 bridgehead atoms. The number of nitrogens with one attached hydrogen (secondary N) is 1. The van der Waals surface area contributed by atoms with Crippen molar-refractivity contribution in [2.45, 2.75) is 31.3 Å². The number of halogens is 1. The molecule has 0 saturated carbocycles. The Morgan fingerprint density at radius 1 is 1.06 bits per heavy atom. The molecule has 0 radical (unpaired) electrons. The van der Waals surface area contributed by atoms with Gasteiger partial charge in [-0.2, -0.15) is 4.31 Å². The van der Waals surface area contributed by atoms with Crippen LogP contribution in [-0.4, -0.2) is 32.8 Å². The van der Waals surface area contributed by atoms with E-state index in [2.05, 4.69) is 5.32 Å². The number of hydrogen-bond acceptors (Lipinski definition) is 4. The summed E-state index contributed by atoms with van der Waals surface area (Å²) in [5.74, 6) is -0.203. The second-order valence-corrected chi connectivity index (χ2v) is 9.89. The largest absolute Gasteiger partial charge is 0.496 e. The zero-order valence-corrected chi connectivity index (χ0v) is 19.8. The Morgan fingerprint density at radius 3 is 2.30 bits per heavy atom. The molecule has 8 heteroatoms. The third-order valence-electron chi connectivity index (χ3n) is 5.38. The summed E-state index contributed by atoms with van der Waals surface area (Å²) in [4.78, 5) is 13.0. The van der Waals surface area contributed by atoms with Crippen molar-refractivity contribution in [2.24, 2.45) is 0 Å². The van der Waals surface area contributed by atoms with Gasteiger partial charge >= 0.3 is 0 Å². The van der Waals surface area contributed by atoms with E-state index < -0.39 is 10.0 Å². The Bertz CT molecular complexity index is 1230. The number of sulfonamides is 1. The molecule has 1 N–H and O–H groups in total. The van der Waals surface area contributed by atoms with Crippen molar-refractivity contribution in [2.75, 3.05) is 14.2 Å². The number of carbonyl (C=O) groups is 1. The minimum Gasteiger partial charge on any atom is -0.496 e. The van der Waals surface area contributed by atoms with E-state index in [1.54, 1.807) is 61.5 Å². The predicted octanol–water partition coefficient (Wildman–Crippen LogP) is 4.45. The molecule has 3 aromatic carbocycles. The standard InChI is InChI=1S/C25H27FN2O4S/c1-17-5-12-23(13-6-17)33(30,31)28(3)16-21-15-20(9-14-24(21)32-4)25(29)27-18(2)19-7-10-22(26)11-8-19/h5-15,18H,16H2,1-4H3,(H,27,29)/t18-/m1/s1. The SMILES string of the molecule is COc1ccc(C(=O)N[C@H](C)c2ccc(F)cc2)cc1CN(C)S(=O)(=O)c1ccc(C)cc1. The lowest BCUT2D eigenvalue weighted by molar-refractivity contribution is 0.0939. The van der Waals surface area contributed by atoms with E-state index in [4.69, 9.17) is 4.74 Å². The highest BCUT2D eigenvalue weighted by Crippen LogP contribution is 2.25. The number of nitrogens with zero attached hydrogens (tertiary/aromatic N) is 1. The van der Waals surface area contributed by atoms with Gasteiger partial charge in [0.25, 0.3) is 5.91 Å². The molecule has 0 saturated heterocycles. The molecular weight excluding hydrogens is 443 g/mol. The number of methoxy groups -OCH3 is 1. The van der Waals surface area contributed by atoms with Crippen LogP contribution in [0.25, 0.3) is 0 Å². The first-order chi connectivity index (χ1) is 15.6. The van der Waals surface area contributed by atoms with Crippen LogP contribution in [0.5, 0.6) is 5.75 Å². The molecule has 33 heavy (non-hydrogen) atoms. The van der Waals surface area contributed by atoms with Crippen molar-refractivity contribution in [1.29, 1.82) is 0 Å². The van der Waals surface area contributed by atoms with Crippen molar-refractivity contribution < 1.29 is 22.3 Å². The quantitative estimate of drug-likeness (QED) is 0.528. The smallest absolute Gasteiger partial charge is 0.251 e. The number of hydrogen-bond donors (Lipinski definition) is 1. The van der Waals surface area contributed by atoms with E-state index in [0.717, 1.165) is 11.1 Å². The summed E-state index contributed by atoms with van der Waals surface area (Å²) >= 11 is 0. The van der Waals surface area contributed by atoms with Gasteiger partial charge in [0.05, 0.1) is 18.0 Å². The monoisotopic (exact) mass is 470 g/mol. The summed E-state index contributed by atoms with van der Waals surface area (Å²) in [6.07, 6.45) is 0. The molecule has 0 spiro atoms. The zero-order chi connectivity index (χ0) is 24.2. The van der Waals surface area contributed by atoms with E-state index in [0.29, 0.717) is 16.9 Å². The molecule has 6 nitrogen and oxygen atoms in total. The summed E-state index contributed by atoms with van der Waals surface area (Å²) in [6.45, 7) is 3.71. The Hall–Kier alpha value is -3.23. The Labute approximate surface area is 194 Å². The van der Waals surface area contributed by atoms with Crippen LogP contribution < -0.4 is 10.1 Å². The molecule has 0 heterocycles. The average Bonchev–Trinajstić information content (AvgIpc) is 2.79. The van der Waals surface area contributed by atoms with Crippen molar-refractivity contribution in [3.8, 4) is 5.75 Å². The topological polar surface area (TPSA) is 75.7 Å². The maximum absolute atomic E-state index is 13.2. The first-order valence-corrected chi connectivity index (χ1v) is 11.8. The summed E-state index contributed by atoms with van der Waals surface area (Å²) in [5, 5.41) is 2.88. The van der Waals surface area contributed by atoms with Crippen molar-refractivity contribution >= 4 is 15.9 Å². The third kappa shape index (κ3) is 5.77. The molecule has 174 valence electrons. The van der Waals surface area contributed by atoms with Gasteiger partial charge in [0.1, 0.15) is 11.6 Å². The Kier molecular flexibility index (Phi) is 7.50. The highest BCUT2D eigenvalue weighted by molar-refractivity contribution is 7.89. The molecule has 1 amide bonds. The van der Waals surface area contributed by atoms with Gasteiger partial charge in [0, 0.05) is 24.7 Å². The molecule has 0 unspecified atom stereocenters. The number of carbonyl (C=O) groups excluding carboxylic acids is 1. The summed E-state index contributed by atoms with van der Waals surface area (Å²) in [5.41, 5.74) is 2.65. The van der Waals surface area contributed by atoms with E-state index in [1.165, 1.54) is 30.6 Å². The van der Waals surface area contributed by atoms with Gasteiger partial charge in [0.2, 0.25) is 10.0 Å². The fraction of sp³-hybridized carbons (Fsp3) is 0.240. The summed E-state index contributed by atoms with van der Waals surface area (Å²) in [7, 11) is -0.750. The first kappa shape index (κ1) is 24.4. The molecular formula is C25H27FN2O4S. The van der Waals surface area contributed by atoms with E-state index in [-0.39, 0.29) is 29.2 Å². The van der Waals surface area contributed by atoms with Gasteiger partial charge in [-0.05, 0) is 61.9 Å². The first-order valence-electron chi connectivity index (χ1n) is 10.4. The molecule has 0 aromatic heterocycles. The Balaban J connectivity index is 1.80. The fourth-order valence-electron chi connectivity index (χ4n) is 3.37. The maximum Gasteiger partial charge on any atom is 0.251 e. The number of aryl methyl sites for hydroxylation is 1. The minimum atomic E-state index is -3.72. The highest BCUT2D eigenvalue weighted by atomic mass is 32.2. The van der Waals surface area contributed by atoms with Crippen LogP contribution in [0, 0.1) is 12.7 Å². The predicted molar refractivity (Wildman–Crippen MR) is 125 cm³/mol. The van der Waals surface area contributed by atoms with Crippen LogP contribution in [0.1, 0.15) is 40.0 Å². The van der Waals surface area contributed by atoms with Crippen LogP contribution >= 0.6 is 0 Å².